The molecule has 4 rings (SSSR count). The van der Waals surface area contributed by atoms with Crippen molar-refractivity contribution >= 4 is 27.4 Å². The Morgan fingerprint density at radius 2 is 1.97 bits per heavy atom. The molecule has 1 saturated carbocycles. The number of rotatable bonds is 6. The highest BCUT2D eigenvalue weighted by atomic mass is 32.1. The molecule has 3 atom stereocenters. The van der Waals surface area contributed by atoms with Crippen LogP contribution in [-0.2, 0) is 16.0 Å². The van der Waals surface area contributed by atoms with Crippen LogP contribution in [0.4, 0.5) is 0 Å². The minimum absolute atomic E-state index is 0.0512. The van der Waals surface area contributed by atoms with E-state index in [9.17, 15) is 4.79 Å². The van der Waals surface area contributed by atoms with Crippen LogP contribution in [0.2, 0.25) is 0 Å². The highest BCUT2D eigenvalue weighted by Crippen LogP contribution is 2.38. The van der Waals surface area contributed by atoms with Crippen LogP contribution >= 0.6 is 11.3 Å². The maximum absolute atomic E-state index is 11.5. The summed E-state index contributed by atoms with van der Waals surface area (Å²) in [5, 5.41) is 1.24. The largest absolute Gasteiger partial charge is 0.490 e. The third kappa shape index (κ3) is 4.08. The van der Waals surface area contributed by atoms with E-state index in [1.165, 1.54) is 32.2 Å². The van der Waals surface area contributed by atoms with Gasteiger partial charge in [0.15, 0.2) is 0 Å². The van der Waals surface area contributed by atoms with Crippen LogP contribution in [0.25, 0.3) is 20.5 Å². The molecule has 1 heterocycles. The first-order valence-corrected chi connectivity index (χ1v) is 11.0. The summed E-state index contributed by atoms with van der Waals surface area (Å²) in [4.78, 5) is 12.8. The van der Waals surface area contributed by atoms with Gasteiger partial charge in [-0.3, -0.25) is 0 Å². The van der Waals surface area contributed by atoms with Crippen molar-refractivity contribution in [3.63, 3.8) is 0 Å². The molecule has 0 bridgehead atoms. The number of thiophene rings is 1. The van der Waals surface area contributed by atoms with Gasteiger partial charge in [-0.05, 0) is 60.0 Å². The van der Waals surface area contributed by atoms with Crippen molar-refractivity contribution in [2.45, 2.75) is 45.3 Å². The lowest BCUT2D eigenvalue weighted by Gasteiger charge is -2.21. The van der Waals surface area contributed by atoms with E-state index < -0.39 is 0 Å². The molecule has 1 fully saturated rings. The Bertz CT molecular complexity index is 1040. The van der Waals surface area contributed by atoms with E-state index >= 15 is 0 Å². The van der Waals surface area contributed by atoms with E-state index in [4.69, 9.17) is 9.47 Å². The zero-order chi connectivity index (χ0) is 20.4. The summed E-state index contributed by atoms with van der Waals surface area (Å²) in [5.74, 6) is 0.676. The molecule has 0 aliphatic heterocycles. The summed E-state index contributed by atoms with van der Waals surface area (Å²) < 4.78 is 13.0. The monoisotopic (exact) mass is 406 g/mol. The molecule has 0 saturated heterocycles. The van der Waals surface area contributed by atoms with E-state index in [0.29, 0.717) is 0 Å². The third-order valence-corrected chi connectivity index (χ3v) is 6.92. The van der Waals surface area contributed by atoms with E-state index in [0.717, 1.165) is 25.0 Å². The zero-order valence-corrected chi connectivity index (χ0v) is 17.7. The Kier molecular flexibility index (Phi) is 5.72. The predicted octanol–water partition coefficient (Wildman–Crippen LogP) is 6.41. The lowest BCUT2D eigenvalue weighted by molar-refractivity contribution is -0.144. The lowest BCUT2D eigenvalue weighted by atomic mass is 10.0. The highest BCUT2D eigenvalue weighted by Gasteiger charge is 2.36. The standard InChI is InChI=1S/C25H26O3S/c1-4-17-8-6-7-9-20(17)24-14-18-10-11-19(15-23(18)29-24)27-21-12-13-22(16(21)3)28-25(26)5-2/h5-11,14-16,21-22H,2,4,12-13H2,1,3H3. The number of esters is 1. The van der Waals surface area contributed by atoms with Crippen molar-refractivity contribution < 1.29 is 14.3 Å². The quantitative estimate of drug-likeness (QED) is 0.351. The molecule has 0 amide bonds. The Balaban J connectivity index is 1.53. The first-order chi connectivity index (χ1) is 14.1. The average Bonchev–Trinajstić information content (AvgIpc) is 3.32. The van der Waals surface area contributed by atoms with Crippen LogP contribution < -0.4 is 4.74 Å². The van der Waals surface area contributed by atoms with Gasteiger partial charge in [0.1, 0.15) is 18.0 Å². The normalized spacial score (nSPS) is 21.2. The topological polar surface area (TPSA) is 35.5 Å². The molecule has 4 heteroatoms. The second-order valence-electron chi connectivity index (χ2n) is 7.59. The first-order valence-electron chi connectivity index (χ1n) is 10.2. The van der Waals surface area contributed by atoms with Crippen LogP contribution in [0.15, 0.2) is 61.2 Å². The minimum atomic E-state index is -0.359. The number of aryl methyl sites for hydroxylation is 1. The molecular weight excluding hydrogens is 380 g/mol. The lowest BCUT2D eigenvalue weighted by Crippen LogP contribution is -2.27. The number of carbonyl (C=O) groups excluding carboxylic acids is 1. The molecule has 3 unspecified atom stereocenters. The molecule has 0 spiro atoms. The summed E-state index contributed by atoms with van der Waals surface area (Å²) in [6.07, 6.45) is 3.90. The molecule has 2 aromatic carbocycles. The van der Waals surface area contributed by atoms with Crippen molar-refractivity contribution in [1.82, 2.24) is 0 Å². The third-order valence-electron chi connectivity index (χ3n) is 5.79. The summed E-state index contributed by atoms with van der Waals surface area (Å²) in [7, 11) is 0. The number of benzene rings is 2. The second-order valence-corrected chi connectivity index (χ2v) is 8.68. The van der Waals surface area contributed by atoms with Crippen LogP contribution in [0.3, 0.4) is 0 Å². The minimum Gasteiger partial charge on any atom is -0.490 e. The first kappa shape index (κ1) is 19.7. The average molecular weight is 407 g/mol. The Hall–Kier alpha value is -2.59. The van der Waals surface area contributed by atoms with Crippen LogP contribution in [0.1, 0.15) is 32.3 Å². The Labute approximate surface area is 176 Å². The summed E-state index contributed by atoms with van der Waals surface area (Å²) >= 11 is 1.80. The Morgan fingerprint density at radius 1 is 1.17 bits per heavy atom. The SMILES string of the molecule is C=CC(=O)OC1CCC(Oc2ccc3cc(-c4ccccc4CC)sc3c2)C1C. The van der Waals surface area contributed by atoms with Crippen molar-refractivity contribution in [1.29, 1.82) is 0 Å². The van der Waals surface area contributed by atoms with Gasteiger partial charge in [-0.1, -0.05) is 44.7 Å². The zero-order valence-electron chi connectivity index (χ0n) is 16.9. The number of carbonyl (C=O) groups is 1. The molecular formula is C25H26O3S. The molecule has 3 aromatic rings. The predicted molar refractivity (Wildman–Crippen MR) is 120 cm³/mol. The van der Waals surface area contributed by atoms with Crippen LogP contribution in [0, 0.1) is 5.92 Å². The highest BCUT2D eigenvalue weighted by molar-refractivity contribution is 7.22. The number of fused-ring (bicyclic) bond motifs is 1. The van der Waals surface area contributed by atoms with E-state index in [-0.39, 0.29) is 24.1 Å². The van der Waals surface area contributed by atoms with Crippen LogP contribution in [0.5, 0.6) is 5.75 Å². The summed E-state index contributed by atoms with van der Waals surface area (Å²) in [6.45, 7) is 7.75. The van der Waals surface area contributed by atoms with Gasteiger partial charge in [0.2, 0.25) is 0 Å². The fourth-order valence-electron chi connectivity index (χ4n) is 4.08. The van der Waals surface area contributed by atoms with Crippen molar-refractivity contribution in [3.05, 3.63) is 66.7 Å². The van der Waals surface area contributed by atoms with Gasteiger partial charge in [-0.2, -0.15) is 0 Å². The van der Waals surface area contributed by atoms with Crippen molar-refractivity contribution in [3.8, 4) is 16.2 Å². The van der Waals surface area contributed by atoms with Gasteiger partial charge < -0.3 is 9.47 Å². The molecule has 1 aliphatic rings. The summed E-state index contributed by atoms with van der Waals surface area (Å²) in [5.41, 5.74) is 2.69. The van der Waals surface area contributed by atoms with E-state index in [2.05, 4.69) is 62.9 Å². The van der Waals surface area contributed by atoms with Gasteiger partial charge >= 0.3 is 5.97 Å². The molecule has 150 valence electrons. The second kappa shape index (κ2) is 8.42. The smallest absolute Gasteiger partial charge is 0.330 e. The molecule has 29 heavy (non-hydrogen) atoms. The maximum atomic E-state index is 11.5. The van der Waals surface area contributed by atoms with Gasteiger partial charge in [0, 0.05) is 21.6 Å². The van der Waals surface area contributed by atoms with E-state index in [1.807, 2.05) is 6.07 Å². The molecule has 0 radical (unpaired) electrons. The molecule has 1 aliphatic carbocycles. The van der Waals surface area contributed by atoms with Crippen molar-refractivity contribution in [2.24, 2.45) is 5.92 Å². The molecule has 1 aromatic heterocycles. The van der Waals surface area contributed by atoms with Gasteiger partial charge in [-0.15, -0.1) is 11.3 Å². The van der Waals surface area contributed by atoms with Gasteiger partial charge in [0.05, 0.1) is 0 Å². The van der Waals surface area contributed by atoms with Gasteiger partial charge in [0.25, 0.3) is 0 Å². The number of ether oxygens (including phenoxy) is 2. The number of hydrogen-bond donors (Lipinski definition) is 0. The fourth-order valence-corrected chi connectivity index (χ4v) is 5.24. The van der Waals surface area contributed by atoms with Crippen molar-refractivity contribution in [2.75, 3.05) is 0 Å². The molecule has 3 nitrogen and oxygen atoms in total. The number of hydrogen-bond acceptors (Lipinski definition) is 4. The van der Waals surface area contributed by atoms with E-state index in [1.54, 1.807) is 11.3 Å². The maximum Gasteiger partial charge on any atom is 0.330 e. The van der Waals surface area contributed by atoms with Crippen LogP contribution in [-0.4, -0.2) is 18.2 Å². The summed E-state index contributed by atoms with van der Waals surface area (Å²) in [6, 6.07) is 17.2. The Morgan fingerprint density at radius 3 is 2.76 bits per heavy atom. The van der Waals surface area contributed by atoms with Gasteiger partial charge in [-0.25, -0.2) is 4.79 Å². The fraction of sp³-hybridized carbons (Fsp3) is 0.320. The molecule has 0 N–H and O–H groups in total.